The van der Waals surface area contributed by atoms with Gasteiger partial charge in [-0.15, -0.1) is 12.3 Å². The molecule has 1 aliphatic rings. The topological polar surface area (TPSA) is 14.1 Å². The quantitative estimate of drug-likeness (QED) is 0.705. The molecule has 2 heteroatoms. The molecule has 1 heterocycles. The van der Waals surface area contributed by atoms with Gasteiger partial charge in [0.25, 0.3) is 0 Å². The van der Waals surface area contributed by atoms with E-state index < -0.39 is 0 Å². The molecule has 0 bridgehead atoms. The van der Waals surface area contributed by atoms with E-state index in [4.69, 9.17) is 0 Å². The first-order valence-corrected chi connectivity index (χ1v) is 3.48. The molecule has 0 aliphatic carbocycles. The van der Waals surface area contributed by atoms with Gasteiger partial charge in [-0.1, -0.05) is 31.6 Å². The predicted molar refractivity (Wildman–Crippen MR) is 44.6 cm³/mol. The molecular weight excluding hydrogens is 308 g/mol. The fraction of sp³-hybridized carbons (Fsp3) is 0.333. The second kappa shape index (κ2) is 4.54. The molecule has 0 saturated heterocycles. The van der Waals surface area contributed by atoms with E-state index in [2.05, 4.69) is 31.8 Å². The first-order chi connectivity index (χ1) is 4.72. The minimum atomic E-state index is 0. The van der Waals surface area contributed by atoms with Crippen molar-refractivity contribution < 1.29 is 20.4 Å². The Morgan fingerprint density at radius 1 is 1.45 bits per heavy atom. The fourth-order valence-electron chi connectivity index (χ4n) is 0.976. The van der Waals surface area contributed by atoms with E-state index in [1.807, 2.05) is 6.08 Å². The van der Waals surface area contributed by atoms with Crippen LogP contribution in [0.2, 0.25) is 0 Å². The summed E-state index contributed by atoms with van der Waals surface area (Å²) in [4.78, 5) is 0. The maximum Gasteiger partial charge on any atom is 0 e. The number of rotatable bonds is 1. The average Bonchev–Trinajstić information content (AvgIpc) is 1.88. The Labute approximate surface area is 81.9 Å². The van der Waals surface area contributed by atoms with E-state index in [9.17, 15) is 0 Å². The van der Waals surface area contributed by atoms with Crippen LogP contribution in [0.4, 0.5) is 0 Å². The molecule has 1 nitrogen and oxygen atoms in total. The van der Waals surface area contributed by atoms with Crippen molar-refractivity contribution >= 4 is 0 Å². The van der Waals surface area contributed by atoms with Crippen LogP contribution in [-0.2, 0) is 20.4 Å². The minimum absolute atomic E-state index is 0. The third kappa shape index (κ3) is 2.65. The van der Waals surface area contributed by atoms with Gasteiger partial charge in [0.2, 0.25) is 0 Å². The van der Waals surface area contributed by atoms with Crippen LogP contribution >= 0.6 is 0 Å². The number of hydrogen-bond donors (Lipinski definition) is 0. The Kier molecular flexibility index (Phi) is 4.41. The van der Waals surface area contributed by atoms with E-state index in [0.717, 1.165) is 5.70 Å². The summed E-state index contributed by atoms with van der Waals surface area (Å²) in [5.74, 6) is 0.529. The normalized spacial score (nSPS) is 15.5. The van der Waals surface area contributed by atoms with Gasteiger partial charge >= 0.3 is 0 Å². The van der Waals surface area contributed by atoms with E-state index in [0.29, 0.717) is 5.92 Å². The Hall–Kier alpha value is -0.318. The molecule has 0 unspecified atom stereocenters. The van der Waals surface area contributed by atoms with Crippen molar-refractivity contribution in [1.82, 2.24) is 0 Å². The maximum absolute atomic E-state index is 4.09. The van der Waals surface area contributed by atoms with E-state index in [-0.39, 0.29) is 20.4 Å². The van der Waals surface area contributed by atoms with Crippen LogP contribution in [0.1, 0.15) is 13.8 Å². The van der Waals surface area contributed by atoms with Crippen molar-refractivity contribution in [2.75, 3.05) is 0 Å². The smallest absolute Gasteiger partial charge is 0 e. The number of hydrogen-bond acceptors (Lipinski definition) is 0. The zero-order valence-electron chi connectivity index (χ0n) is 6.84. The second-order valence-corrected chi connectivity index (χ2v) is 2.69. The summed E-state index contributed by atoms with van der Waals surface area (Å²) in [7, 11) is 0. The van der Waals surface area contributed by atoms with Crippen molar-refractivity contribution in [2.45, 2.75) is 13.8 Å². The number of allylic oxidation sites excluding steroid dienone is 3. The van der Waals surface area contributed by atoms with Gasteiger partial charge in [0, 0.05) is 20.4 Å². The third-order valence-electron chi connectivity index (χ3n) is 1.55. The van der Waals surface area contributed by atoms with Crippen molar-refractivity contribution in [3.63, 3.8) is 0 Å². The molecule has 1 aliphatic heterocycles. The Morgan fingerprint density at radius 3 is 2.45 bits per heavy atom. The summed E-state index contributed by atoms with van der Waals surface area (Å²) in [6, 6.07) is 0. The molecule has 0 fully saturated rings. The van der Waals surface area contributed by atoms with E-state index in [1.54, 1.807) is 6.20 Å². The summed E-state index contributed by atoms with van der Waals surface area (Å²) in [5.41, 5.74) is 2.14. The molecule has 0 atom stereocenters. The molecule has 0 N–H and O–H groups in total. The molecular formula is C9H12NRe-. The largest absolute Gasteiger partial charge is 0.664 e. The van der Waals surface area contributed by atoms with Gasteiger partial charge in [-0.3, -0.25) is 0 Å². The van der Waals surface area contributed by atoms with Gasteiger partial charge in [0.15, 0.2) is 0 Å². The first kappa shape index (κ1) is 10.7. The predicted octanol–water partition coefficient (Wildman–Crippen LogP) is 2.98. The molecule has 0 aromatic heterocycles. The van der Waals surface area contributed by atoms with Crippen molar-refractivity contribution in [2.24, 2.45) is 5.92 Å². The zero-order chi connectivity index (χ0) is 7.56. The van der Waals surface area contributed by atoms with Gasteiger partial charge in [0.05, 0.1) is 0 Å². The van der Waals surface area contributed by atoms with Gasteiger partial charge in [-0.05, 0) is 5.92 Å². The average molecular weight is 320 g/mol. The summed E-state index contributed by atoms with van der Waals surface area (Å²) in [5, 5.41) is 4.09. The molecule has 1 rings (SSSR count). The van der Waals surface area contributed by atoms with Crippen LogP contribution in [0.3, 0.4) is 0 Å². The summed E-state index contributed by atoms with van der Waals surface area (Å²) in [6.07, 6.45) is 5.79. The summed E-state index contributed by atoms with van der Waals surface area (Å²) < 4.78 is 0. The van der Waals surface area contributed by atoms with Crippen LogP contribution in [0, 0.1) is 5.92 Å². The summed E-state index contributed by atoms with van der Waals surface area (Å²) in [6.45, 7) is 8.12. The minimum Gasteiger partial charge on any atom is -0.664 e. The van der Waals surface area contributed by atoms with E-state index in [1.165, 1.54) is 5.57 Å². The molecule has 0 saturated carbocycles. The Balaban J connectivity index is 0.000001000. The van der Waals surface area contributed by atoms with Crippen LogP contribution in [-0.4, -0.2) is 0 Å². The van der Waals surface area contributed by atoms with Gasteiger partial charge in [-0.25, -0.2) is 0 Å². The van der Waals surface area contributed by atoms with Crippen LogP contribution in [0.15, 0.2) is 36.2 Å². The standard InChI is InChI=1S/C9H12N.Re/c1-7(2)9-5-4-6-10-8(9)3;/h4-7H,3H2,1-2H3;/q-1;. The SMILES string of the molecule is C=C1[N-]C=CC=C1C(C)C.[Re]. The van der Waals surface area contributed by atoms with Crippen LogP contribution in [0.25, 0.3) is 5.32 Å². The molecule has 0 amide bonds. The van der Waals surface area contributed by atoms with Gasteiger partial charge in [0.1, 0.15) is 0 Å². The van der Waals surface area contributed by atoms with E-state index >= 15 is 0 Å². The molecule has 1 radical (unpaired) electrons. The van der Waals surface area contributed by atoms with Crippen LogP contribution < -0.4 is 0 Å². The molecule has 61 valence electrons. The molecule has 0 spiro atoms. The van der Waals surface area contributed by atoms with Crippen molar-refractivity contribution in [1.29, 1.82) is 0 Å². The Bertz CT molecular complexity index is 202. The molecule has 11 heavy (non-hydrogen) atoms. The monoisotopic (exact) mass is 321 g/mol. The number of nitrogens with zero attached hydrogens (tertiary/aromatic N) is 1. The third-order valence-corrected chi connectivity index (χ3v) is 1.55. The van der Waals surface area contributed by atoms with Crippen molar-refractivity contribution in [3.05, 3.63) is 41.5 Å². The Morgan fingerprint density at radius 2 is 2.09 bits per heavy atom. The van der Waals surface area contributed by atoms with Gasteiger partial charge in [-0.2, -0.15) is 6.20 Å². The van der Waals surface area contributed by atoms with Crippen molar-refractivity contribution in [3.8, 4) is 0 Å². The zero-order valence-corrected chi connectivity index (χ0v) is 9.56. The maximum atomic E-state index is 4.09. The fourth-order valence-corrected chi connectivity index (χ4v) is 0.976. The molecule has 0 aromatic carbocycles. The van der Waals surface area contributed by atoms with Crippen LogP contribution in [0.5, 0.6) is 0 Å². The van der Waals surface area contributed by atoms with Gasteiger partial charge < -0.3 is 5.32 Å². The molecule has 0 aromatic rings. The second-order valence-electron chi connectivity index (χ2n) is 2.69. The summed E-state index contributed by atoms with van der Waals surface area (Å²) >= 11 is 0. The first-order valence-electron chi connectivity index (χ1n) is 3.48.